The first kappa shape index (κ1) is 23.4. The number of likely N-dealkylation sites (N-methyl/N-ethyl adjacent to an activating group) is 1. The molecule has 3 aromatic rings. The van der Waals surface area contributed by atoms with Crippen molar-refractivity contribution in [1.82, 2.24) is 14.2 Å². The summed E-state index contributed by atoms with van der Waals surface area (Å²) in [7, 11) is -3.58. The van der Waals surface area contributed by atoms with E-state index in [1.165, 1.54) is 28.6 Å². The van der Waals surface area contributed by atoms with Gasteiger partial charge in [0.05, 0.1) is 15.6 Å². The highest BCUT2D eigenvalue weighted by molar-refractivity contribution is 7.89. The molecule has 1 aromatic heterocycles. The first-order valence-electron chi connectivity index (χ1n) is 10.7. The van der Waals surface area contributed by atoms with E-state index in [0.29, 0.717) is 40.6 Å². The molecule has 172 valence electrons. The summed E-state index contributed by atoms with van der Waals surface area (Å²) in [6, 6.07) is 16.7. The van der Waals surface area contributed by atoms with Gasteiger partial charge in [-0.1, -0.05) is 24.6 Å². The maximum absolute atomic E-state index is 12.9. The maximum Gasteiger partial charge on any atom is 0.255 e. The van der Waals surface area contributed by atoms with Crippen LogP contribution in [0.3, 0.4) is 0 Å². The van der Waals surface area contributed by atoms with E-state index < -0.39 is 10.0 Å². The van der Waals surface area contributed by atoms with Crippen LogP contribution < -0.4 is 5.32 Å². The normalized spacial score (nSPS) is 15.3. The van der Waals surface area contributed by atoms with Gasteiger partial charge >= 0.3 is 0 Å². The molecule has 0 atom stereocenters. The van der Waals surface area contributed by atoms with Crippen molar-refractivity contribution < 1.29 is 13.2 Å². The smallest absolute Gasteiger partial charge is 0.255 e. The lowest BCUT2D eigenvalue weighted by Crippen LogP contribution is -2.48. The molecule has 7 nitrogen and oxygen atoms in total. The Balaban J connectivity index is 1.47. The molecule has 0 radical (unpaired) electrons. The molecule has 2 aromatic carbocycles. The third-order valence-electron chi connectivity index (χ3n) is 5.70. The van der Waals surface area contributed by atoms with Gasteiger partial charge in [0.15, 0.2) is 0 Å². The predicted octanol–water partition coefficient (Wildman–Crippen LogP) is 3.98. The van der Waals surface area contributed by atoms with Gasteiger partial charge in [0.25, 0.3) is 5.91 Å². The Morgan fingerprint density at radius 2 is 1.76 bits per heavy atom. The number of nitrogens with zero attached hydrogens (tertiary/aromatic N) is 3. The lowest BCUT2D eigenvalue weighted by molar-refractivity contribution is 0.102. The molecular formula is C24H25ClN4O3S. The number of pyridine rings is 1. The van der Waals surface area contributed by atoms with Crippen LogP contribution in [0.15, 0.2) is 71.8 Å². The van der Waals surface area contributed by atoms with Crippen LogP contribution >= 0.6 is 11.6 Å². The third kappa shape index (κ3) is 5.25. The van der Waals surface area contributed by atoms with Crippen LogP contribution in [0.25, 0.3) is 11.3 Å². The number of hydrogen-bond acceptors (Lipinski definition) is 5. The van der Waals surface area contributed by atoms with Crippen LogP contribution in [0.5, 0.6) is 0 Å². The number of rotatable bonds is 6. The Labute approximate surface area is 199 Å². The summed E-state index contributed by atoms with van der Waals surface area (Å²) in [6.45, 7) is 5.35. The highest BCUT2D eigenvalue weighted by Gasteiger charge is 2.28. The molecule has 1 aliphatic heterocycles. The van der Waals surface area contributed by atoms with Crippen molar-refractivity contribution in [3.63, 3.8) is 0 Å². The quantitative estimate of drug-likeness (QED) is 0.572. The van der Waals surface area contributed by atoms with Gasteiger partial charge in [-0.05, 0) is 61.1 Å². The number of nitrogens with one attached hydrogen (secondary N) is 1. The fraction of sp³-hybridized carbons (Fsp3) is 0.250. The average Bonchev–Trinajstić information content (AvgIpc) is 2.86. The molecule has 9 heteroatoms. The molecule has 2 heterocycles. The minimum absolute atomic E-state index is 0.188. The molecule has 1 fully saturated rings. The van der Waals surface area contributed by atoms with E-state index in [2.05, 4.69) is 22.1 Å². The Kier molecular flexibility index (Phi) is 7.09. The topological polar surface area (TPSA) is 82.6 Å². The molecule has 0 saturated carbocycles. The second-order valence-electron chi connectivity index (χ2n) is 7.73. The Morgan fingerprint density at radius 3 is 2.39 bits per heavy atom. The maximum atomic E-state index is 12.9. The van der Waals surface area contributed by atoms with Crippen molar-refractivity contribution >= 4 is 33.2 Å². The van der Waals surface area contributed by atoms with Crippen molar-refractivity contribution in [2.24, 2.45) is 0 Å². The van der Waals surface area contributed by atoms with Gasteiger partial charge in [-0.2, -0.15) is 4.31 Å². The highest BCUT2D eigenvalue weighted by atomic mass is 35.5. The Morgan fingerprint density at radius 1 is 1.03 bits per heavy atom. The monoisotopic (exact) mass is 484 g/mol. The zero-order valence-corrected chi connectivity index (χ0v) is 19.8. The van der Waals surface area contributed by atoms with Gasteiger partial charge < -0.3 is 10.2 Å². The molecule has 33 heavy (non-hydrogen) atoms. The largest absolute Gasteiger partial charge is 0.322 e. The van der Waals surface area contributed by atoms with Crippen molar-refractivity contribution in [3.05, 3.63) is 77.4 Å². The first-order valence-corrected chi connectivity index (χ1v) is 12.5. The lowest BCUT2D eigenvalue weighted by Gasteiger charge is -2.33. The van der Waals surface area contributed by atoms with Gasteiger partial charge in [-0.25, -0.2) is 8.42 Å². The molecule has 1 amide bonds. The number of benzene rings is 2. The van der Waals surface area contributed by atoms with Crippen LogP contribution in [0.4, 0.5) is 5.69 Å². The zero-order valence-electron chi connectivity index (χ0n) is 18.2. The number of sulfonamides is 1. The van der Waals surface area contributed by atoms with Gasteiger partial charge in [-0.3, -0.25) is 9.78 Å². The summed E-state index contributed by atoms with van der Waals surface area (Å²) in [5, 5.41) is 3.37. The number of piperazine rings is 1. The summed E-state index contributed by atoms with van der Waals surface area (Å²) in [5.41, 5.74) is 2.34. The molecule has 1 N–H and O–H groups in total. The standard InChI is InChI=1S/C24H25ClN4O3S/c1-2-28-13-15-29(16-14-28)33(31,32)20-9-6-18(7-10-20)24(30)27-19-8-11-22(25)21(17-19)23-5-3-4-12-26-23/h3-12,17H,2,13-16H2,1H3,(H,27,30). The molecule has 0 bridgehead atoms. The van der Waals surface area contributed by atoms with Crippen molar-refractivity contribution in [1.29, 1.82) is 0 Å². The predicted molar refractivity (Wildman–Crippen MR) is 130 cm³/mol. The second kappa shape index (κ2) is 10.0. The van der Waals surface area contributed by atoms with Crippen molar-refractivity contribution in [3.8, 4) is 11.3 Å². The SMILES string of the molecule is CCN1CCN(S(=O)(=O)c2ccc(C(=O)Nc3ccc(Cl)c(-c4ccccn4)c3)cc2)CC1. The van der Waals surface area contributed by atoms with Crippen molar-refractivity contribution in [2.75, 3.05) is 38.0 Å². The first-order chi connectivity index (χ1) is 15.9. The zero-order chi connectivity index (χ0) is 23.4. The van der Waals surface area contributed by atoms with Gasteiger partial charge in [0, 0.05) is 49.2 Å². The van der Waals surface area contributed by atoms with Crippen LogP contribution in [0.2, 0.25) is 5.02 Å². The summed E-state index contributed by atoms with van der Waals surface area (Å²) in [6.07, 6.45) is 1.68. The number of carbonyl (C=O) groups is 1. The summed E-state index contributed by atoms with van der Waals surface area (Å²) >= 11 is 6.31. The summed E-state index contributed by atoms with van der Waals surface area (Å²) < 4.78 is 27.4. The van der Waals surface area contributed by atoms with Crippen molar-refractivity contribution in [2.45, 2.75) is 11.8 Å². The molecule has 1 saturated heterocycles. The van der Waals surface area contributed by atoms with Gasteiger partial charge in [-0.15, -0.1) is 0 Å². The van der Waals surface area contributed by atoms with Crippen LogP contribution in [0, 0.1) is 0 Å². The number of halogens is 1. The number of carbonyl (C=O) groups excluding carboxylic acids is 1. The molecule has 4 rings (SSSR count). The van der Waals surface area contributed by atoms with Crippen LogP contribution in [-0.4, -0.2) is 61.2 Å². The summed E-state index contributed by atoms with van der Waals surface area (Å²) in [5.74, 6) is -0.343. The number of anilines is 1. The van der Waals surface area contributed by atoms with E-state index in [1.807, 2.05) is 18.2 Å². The Hall–Kier alpha value is -2.78. The average molecular weight is 485 g/mol. The molecule has 0 unspecified atom stereocenters. The van der Waals surface area contributed by atoms with Crippen LogP contribution in [0.1, 0.15) is 17.3 Å². The summed E-state index contributed by atoms with van der Waals surface area (Å²) in [4.78, 5) is 19.5. The fourth-order valence-electron chi connectivity index (χ4n) is 3.74. The minimum Gasteiger partial charge on any atom is -0.322 e. The molecule has 0 aliphatic carbocycles. The van der Waals surface area contributed by atoms with E-state index in [-0.39, 0.29) is 10.8 Å². The van der Waals surface area contributed by atoms with E-state index in [1.54, 1.807) is 24.4 Å². The second-order valence-corrected chi connectivity index (χ2v) is 10.1. The van der Waals surface area contributed by atoms with E-state index in [4.69, 9.17) is 11.6 Å². The molecule has 0 spiro atoms. The van der Waals surface area contributed by atoms with E-state index >= 15 is 0 Å². The fourth-order valence-corrected chi connectivity index (χ4v) is 5.37. The van der Waals surface area contributed by atoms with Gasteiger partial charge in [0.2, 0.25) is 10.0 Å². The number of amides is 1. The molecule has 1 aliphatic rings. The lowest BCUT2D eigenvalue weighted by atomic mass is 10.1. The van der Waals surface area contributed by atoms with Crippen LogP contribution in [-0.2, 0) is 10.0 Å². The molecular weight excluding hydrogens is 460 g/mol. The highest BCUT2D eigenvalue weighted by Crippen LogP contribution is 2.29. The van der Waals surface area contributed by atoms with E-state index in [9.17, 15) is 13.2 Å². The van der Waals surface area contributed by atoms with Gasteiger partial charge in [0.1, 0.15) is 0 Å². The number of hydrogen-bond donors (Lipinski definition) is 1. The number of aromatic nitrogens is 1. The Bertz CT molecular complexity index is 1230. The third-order valence-corrected chi connectivity index (χ3v) is 7.94. The van der Waals surface area contributed by atoms with E-state index in [0.717, 1.165) is 19.6 Å². The minimum atomic E-state index is -3.58.